The number of likely N-dealkylation sites (tertiary alicyclic amines) is 2. The number of fused-ring (bicyclic) bond motifs is 4. The van der Waals surface area contributed by atoms with Crippen LogP contribution in [0.3, 0.4) is 0 Å². The number of carbonyl (C=O) groups is 1. The predicted octanol–water partition coefficient (Wildman–Crippen LogP) is 7.36. The lowest BCUT2D eigenvalue weighted by Gasteiger charge is -2.45. The molecule has 8 atom stereocenters. The van der Waals surface area contributed by atoms with Crippen LogP contribution in [0.25, 0.3) is 0 Å². The van der Waals surface area contributed by atoms with Crippen LogP contribution in [-0.4, -0.2) is 57.9 Å². The highest BCUT2D eigenvalue weighted by Crippen LogP contribution is 2.49. The minimum Gasteiger partial charge on any atom is -0.335 e. The molecule has 0 radical (unpaired) electrons. The van der Waals surface area contributed by atoms with Crippen LogP contribution in [0.5, 0.6) is 0 Å². The summed E-state index contributed by atoms with van der Waals surface area (Å²) in [6, 6.07) is 34.8. The number of benzene rings is 3. The van der Waals surface area contributed by atoms with Crippen LogP contribution < -0.4 is 0 Å². The number of amides is 1. The van der Waals surface area contributed by atoms with Crippen LogP contribution in [0.1, 0.15) is 85.9 Å². The first-order chi connectivity index (χ1) is 20.1. The van der Waals surface area contributed by atoms with E-state index in [1.807, 2.05) is 30.3 Å². The standard InChI is InChI=1S/C37H45N3O/c1-26(28-12-6-3-7-13-28)39-33-20-18-31(22-33)35(39)24-38(37(41)30-16-10-5-11-17-30)25-36-32-19-21-34(23-32)40(36)27(2)29-14-8-4-9-15-29/h3-17,26-27,31-36H,18-25H2,1-2H3/t26-,27-,31+,32+,33-,34-,35-,36-/m0/s1. The predicted molar refractivity (Wildman–Crippen MR) is 166 cm³/mol. The Morgan fingerprint density at radius 3 is 1.51 bits per heavy atom. The maximum absolute atomic E-state index is 14.3. The largest absolute Gasteiger partial charge is 0.335 e. The lowest BCUT2D eigenvalue weighted by atomic mass is 9.93. The molecule has 2 aliphatic heterocycles. The van der Waals surface area contributed by atoms with E-state index in [0.717, 1.165) is 18.7 Å². The van der Waals surface area contributed by atoms with Gasteiger partial charge < -0.3 is 4.90 Å². The topological polar surface area (TPSA) is 26.8 Å². The first-order valence-electron chi connectivity index (χ1n) is 16.1. The van der Waals surface area contributed by atoms with Gasteiger partial charge in [0.15, 0.2) is 0 Å². The van der Waals surface area contributed by atoms with E-state index in [0.29, 0.717) is 48.1 Å². The summed E-state index contributed by atoms with van der Waals surface area (Å²) in [6.07, 6.45) is 7.73. The molecule has 3 aromatic rings. The zero-order chi connectivity index (χ0) is 27.9. The third-order valence-electron chi connectivity index (χ3n) is 11.2. The summed E-state index contributed by atoms with van der Waals surface area (Å²) in [4.78, 5) is 22.2. The highest BCUT2D eigenvalue weighted by Gasteiger charge is 2.51. The normalized spacial score (nSPS) is 30.5. The molecule has 4 bridgehead atoms. The third-order valence-corrected chi connectivity index (χ3v) is 11.2. The van der Waals surface area contributed by atoms with Crippen molar-refractivity contribution in [3.05, 3.63) is 108 Å². The SMILES string of the molecule is C[C@@H](c1ccccc1)N1[C@H]2CC[C@H](C2)[C@@H]1CN(C[C@H]1[C@@H]2CC[C@@H](C2)N1[C@@H](C)c1ccccc1)C(=O)c1ccccc1. The van der Waals surface area contributed by atoms with Crippen molar-refractivity contribution >= 4 is 5.91 Å². The maximum atomic E-state index is 14.3. The summed E-state index contributed by atoms with van der Waals surface area (Å²) in [5.74, 6) is 1.56. The Morgan fingerprint density at radius 2 is 1.07 bits per heavy atom. The molecule has 3 aromatic carbocycles. The highest BCUT2D eigenvalue weighted by molar-refractivity contribution is 5.94. The smallest absolute Gasteiger partial charge is 0.253 e. The molecule has 2 saturated heterocycles. The van der Waals surface area contributed by atoms with Crippen LogP contribution in [0.2, 0.25) is 0 Å². The number of rotatable bonds is 9. The Bertz CT molecular complexity index is 1240. The van der Waals surface area contributed by atoms with Crippen molar-refractivity contribution in [1.82, 2.24) is 14.7 Å². The molecule has 1 amide bonds. The minimum absolute atomic E-state index is 0.204. The van der Waals surface area contributed by atoms with Crippen molar-refractivity contribution in [3.8, 4) is 0 Å². The Kier molecular flexibility index (Phi) is 7.47. The van der Waals surface area contributed by atoms with E-state index in [4.69, 9.17) is 0 Å². The molecular weight excluding hydrogens is 502 g/mol. The summed E-state index contributed by atoms with van der Waals surface area (Å²) >= 11 is 0. The van der Waals surface area contributed by atoms with E-state index in [1.54, 1.807) is 0 Å². The van der Waals surface area contributed by atoms with Crippen molar-refractivity contribution in [2.75, 3.05) is 13.1 Å². The van der Waals surface area contributed by atoms with E-state index >= 15 is 0 Å². The molecule has 0 N–H and O–H groups in total. The maximum Gasteiger partial charge on any atom is 0.253 e. The number of piperidine rings is 2. The lowest BCUT2D eigenvalue weighted by molar-refractivity contribution is 0.0290. The second kappa shape index (κ2) is 11.4. The van der Waals surface area contributed by atoms with Crippen LogP contribution in [0, 0.1) is 11.8 Å². The third kappa shape index (κ3) is 5.04. The molecule has 4 heteroatoms. The van der Waals surface area contributed by atoms with Crippen LogP contribution in [0.4, 0.5) is 0 Å². The van der Waals surface area contributed by atoms with Gasteiger partial charge in [-0.25, -0.2) is 0 Å². The van der Waals surface area contributed by atoms with Gasteiger partial charge in [0.05, 0.1) is 0 Å². The zero-order valence-electron chi connectivity index (χ0n) is 24.7. The fraction of sp³-hybridized carbons (Fsp3) is 0.486. The quantitative estimate of drug-likeness (QED) is 0.280. The Balaban J connectivity index is 1.19. The van der Waals surface area contributed by atoms with Gasteiger partial charge in [0, 0.05) is 54.9 Å². The summed E-state index contributed by atoms with van der Waals surface area (Å²) in [5.41, 5.74) is 3.60. The molecule has 0 spiro atoms. The second-order valence-electron chi connectivity index (χ2n) is 13.2. The van der Waals surface area contributed by atoms with Gasteiger partial charge in [-0.3, -0.25) is 14.6 Å². The molecule has 0 aromatic heterocycles. The second-order valence-corrected chi connectivity index (χ2v) is 13.2. The van der Waals surface area contributed by atoms with E-state index in [1.165, 1.54) is 49.7 Å². The molecule has 214 valence electrons. The minimum atomic E-state index is 0.204. The van der Waals surface area contributed by atoms with E-state index in [-0.39, 0.29) is 5.91 Å². The Hall–Kier alpha value is -2.95. The van der Waals surface area contributed by atoms with Crippen LogP contribution in [-0.2, 0) is 0 Å². The fourth-order valence-electron chi connectivity index (χ4n) is 9.21. The molecule has 41 heavy (non-hydrogen) atoms. The van der Waals surface area contributed by atoms with Gasteiger partial charge in [-0.05, 0) is 87.5 Å². The van der Waals surface area contributed by atoms with Crippen molar-refractivity contribution in [1.29, 1.82) is 0 Å². The van der Waals surface area contributed by atoms with Crippen molar-refractivity contribution in [3.63, 3.8) is 0 Å². The average Bonchev–Trinajstić information content (AvgIpc) is 3.83. The molecule has 2 aliphatic carbocycles. The number of nitrogens with zero attached hydrogens (tertiary/aromatic N) is 3. The summed E-state index contributed by atoms with van der Waals surface area (Å²) in [7, 11) is 0. The first kappa shape index (κ1) is 26.9. The molecule has 2 heterocycles. The molecule has 4 nitrogen and oxygen atoms in total. The van der Waals surface area contributed by atoms with Crippen molar-refractivity contribution in [2.24, 2.45) is 11.8 Å². The van der Waals surface area contributed by atoms with Gasteiger partial charge in [-0.1, -0.05) is 78.9 Å². The molecule has 0 unspecified atom stereocenters. The number of hydrogen-bond donors (Lipinski definition) is 0. The molecule has 7 rings (SSSR count). The van der Waals surface area contributed by atoms with E-state index in [2.05, 4.69) is 89.2 Å². The monoisotopic (exact) mass is 547 g/mol. The van der Waals surface area contributed by atoms with Gasteiger partial charge in [0.25, 0.3) is 5.91 Å². The van der Waals surface area contributed by atoms with Gasteiger partial charge in [-0.2, -0.15) is 0 Å². The number of carbonyl (C=O) groups excluding carboxylic acids is 1. The summed E-state index contributed by atoms with van der Waals surface area (Å²) < 4.78 is 0. The molecule has 2 saturated carbocycles. The first-order valence-corrected chi connectivity index (χ1v) is 16.1. The summed E-state index contributed by atoms with van der Waals surface area (Å²) in [5, 5.41) is 0. The Morgan fingerprint density at radius 1 is 0.659 bits per heavy atom. The van der Waals surface area contributed by atoms with E-state index < -0.39 is 0 Å². The van der Waals surface area contributed by atoms with Gasteiger partial charge >= 0.3 is 0 Å². The van der Waals surface area contributed by atoms with Crippen molar-refractivity contribution < 1.29 is 4.79 Å². The van der Waals surface area contributed by atoms with Gasteiger partial charge in [-0.15, -0.1) is 0 Å². The van der Waals surface area contributed by atoms with Crippen LogP contribution >= 0.6 is 0 Å². The fourth-order valence-corrected chi connectivity index (χ4v) is 9.21. The van der Waals surface area contributed by atoms with Gasteiger partial charge in [0.1, 0.15) is 0 Å². The molecule has 4 fully saturated rings. The summed E-state index contributed by atoms with van der Waals surface area (Å²) in [6.45, 7) is 6.41. The molecule has 4 aliphatic rings. The van der Waals surface area contributed by atoms with Gasteiger partial charge in [0.2, 0.25) is 0 Å². The Labute approximate surface area is 246 Å². The lowest BCUT2D eigenvalue weighted by Crippen LogP contribution is -2.54. The number of hydrogen-bond acceptors (Lipinski definition) is 3. The molecular formula is C37H45N3O. The average molecular weight is 548 g/mol. The van der Waals surface area contributed by atoms with E-state index in [9.17, 15) is 4.79 Å². The zero-order valence-corrected chi connectivity index (χ0v) is 24.7. The van der Waals surface area contributed by atoms with Crippen LogP contribution in [0.15, 0.2) is 91.0 Å². The highest BCUT2D eigenvalue weighted by atomic mass is 16.2. The van der Waals surface area contributed by atoms with Crippen molar-refractivity contribution in [2.45, 2.75) is 88.6 Å².